The number of para-hydroxylation sites is 2. The molecule has 27 heavy (non-hydrogen) atoms. The standard InChI is InChI=1S/C25H21NO/c1-4-10-21(11-5-1)20-27-25-18-16-24(17-19-25)26(22-12-6-2-7-13-22)23-14-8-3-9-15-23/h1-19H,20H2. The van der Waals surface area contributed by atoms with Gasteiger partial charge in [-0.25, -0.2) is 0 Å². The number of nitrogens with zero attached hydrogens (tertiary/aromatic N) is 1. The van der Waals surface area contributed by atoms with Crippen molar-refractivity contribution in [2.45, 2.75) is 6.61 Å². The zero-order valence-corrected chi connectivity index (χ0v) is 15.0. The lowest BCUT2D eigenvalue weighted by Crippen LogP contribution is -2.09. The Hall–Kier alpha value is -3.52. The van der Waals surface area contributed by atoms with Crippen LogP contribution in [0.1, 0.15) is 5.56 Å². The summed E-state index contributed by atoms with van der Waals surface area (Å²) in [6.07, 6.45) is 0. The SMILES string of the molecule is c1ccc(COc2ccc(N(c3ccccc3)c3ccccc3)cc2)cc1. The third kappa shape index (κ3) is 4.18. The number of hydrogen-bond acceptors (Lipinski definition) is 2. The molecule has 0 spiro atoms. The molecule has 0 aliphatic rings. The largest absolute Gasteiger partial charge is 0.489 e. The van der Waals surface area contributed by atoms with Gasteiger partial charge in [0.15, 0.2) is 0 Å². The maximum absolute atomic E-state index is 5.92. The number of rotatable bonds is 6. The van der Waals surface area contributed by atoms with Gasteiger partial charge < -0.3 is 9.64 Å². The summed E-state index contributed by atoms with van der Waals surface area (Å²) in [5.41, 5.74) is 4.51. The molecule has 0 aromatic heterocycles. The van der Waals surface area contributed by atoms with Crippen LogP contribution in [0.15, 0.2) is 115 Å². The summed E-state index contributed by atoms with van der Waals surface area (Å²) in [4.78, 5) is 2.24. The van der Waals surface area contributed by atoms with Crippen molar-refractivity contribution in [3.05, 3.63) is 121 Å². The topological polar surface area (TPSA) is 12.5 Å². The predicted octanol–water partition coefficient (Wildman–Crippen LogP) is 6.74. The van der Waals surface area contributed by atoms with E-state index in [4.69, 9.17) is 4.74 Å². The Morgan fingerprint density at radius 1 is 0.481 bits per heavy atom. The average molecular weight is 351 g/mol. The summed E-state index contributed by atoms with van der Waals surface area (Å²) < 4.78 is 5.92. The molecule has 0 aliphatic carbocycles. The van der Waals surface area contributed by atoms with Gasteiger partial charge in [0.1, 0.15) is 12.4 Å². The summed E-state index contributed by atoms with van der Waals surface area (Å²) in [6.45, 7) is 0.571. The Morgan fingerprint density at radius 3 is 1.44 bits per heavy atom. The molecule has 0 radical (unpaired) electrons. The lowest BCUT2D eigenvalue weighted by Gasteiger charge is -2.25. The summed E-state index contributed by atoms with van der Waals surface area (Å²) in [7, 11) is 0. The molecule has 0 fully saturated rings. The third-order valence-electron chi connectivity index (χ3n) is 4.37. The third-order valence-corrected chi connectivity index (χ3v) is 4.37. The normalized spacial score (nSPS) is 10.4. The van der Waals surface area contributed by atoms with Crippen LogP contribution in [-0.4, -0.2) is 0 Å². The van der Waals surface area contributed by atoms with E-state index in [9.17, 15) is 0 Å². The van der Waals surface area contributed by atoms with Crippen LogP contribution in [-0.2, 0) is 6.61 Å². The highest BCUT2D eigenvalue weighted by atomic mass is 16.5. The quantitative estimate of drug-likeness (QED) is 0.381. The van der Waals surface area contributed by atoms with Crippen molar-refractivity contribution in [1.29, 1.82) is 0 Å². The molecule has 0 saturated carbocycles. The molecule has 0 saturated heterocycles. The lowest BCUT2D eigenvalue weighted by atomic mass is 10.2. The molecule has 0 bridgehead atoms. The number of anilines is 3. The fraction of sp³-hybridized carbons (Fsp3) is 0.0400. The van der Waals surface area contributed by atoms with Crippen LogP contribution in [0, 0.1) is 0 Å². The molecule has 4 aromatic rings. The first-order chi connectivity index (χ1) is 13.4. The fourth-order valence-corrected chi connectivity index (χ4v) is 3.03. The van der Waals surface area contributed by atoms with Crippen LogP contribution in [0.2, 0.25) is 0 Å². The van der Waals surface area contributed by atoms with Gasteiger partial charge in [-0.1, -0.05) is 66.7 Å². The van der Waals surface area contributed by atoms with Crippen LogP contribution in [0.5, 0.6) is 5.75 Å². The van der Waals surface area contributed by atoms with Gasteiger partial charge in [0, 0.05) is 17.1 Å². The van der Waals surface area contributed by atoms with Crippen molar-refractivity contribution in [2.75, 3.05) is 4.90 Å². The number of hydrogen-bond donors (Lipinski definition) is 0. The summed E-state index contributed by atoms with van der Waals surface area (Å²) in [5.74, 6) is 0.865. The second kappa shape index (κ2) is 8.24. The molecule has 2 nitrogen and oxygen atoms in total. The summed E-state index contributed by atoms with van der Waals surface area (Å²) >= 11 is 0. The molecule has 0 heterocycles. The highest BCUT2D eigenvalue weighted by Crippen LogP contribution is 2.34. The van der Waals surface area contributed by atoms with E-state index in [0.29, 0.717) is 6.61 Å². The van der Waals surface area contributed by atoms with Crippen molar-refractivity contribution >= 4 is 17.1 Å². The zero-order valence-electron chi connectivity index (χ0n) is 15.0. The van der Waals surface area contributed by atoms with Crippen LogP contribution >= 0.6 is 0 Å². The highest BCUT2D eigenvalue weighted by Gasteiger charge is 2.11. The van der Waals surface area contributed by atoms with E-state index in [2.05, 4.69) is 77.7 Å². The molecular formula is C25H21NO. The van der Waals surface area contributed by atoms with E-state index in [1.807, 2.05) is 42.5 Å². The number of ether oxygens (including phenoxy) is 1. The van der Waals surface area contributed by atoms with Crippen molar-refractivity contribution in [1.82, 2.24) is 0 Å². The number of benzene rings is 4. The van der Waals surface area contributed by atoms with Gasteiger partial charge in [0.05, 0.1) is 0 Å². The van der Waals surface area contributed by atoms with Crippen molar-refractivity contribution in [3.8, 4) is 5.75 Å². The van der Waals surface area contributed by atoms with Gasteiger partial charge >= 0.3 is 0 Å². The second-order valence-electron chi connectivity index (χ2n) is 6.27. The molecule has 0 amide bonds. The first-order valence-electron chi connectivity index (χ1n) is 9.07. The molecule has 0 unspecified atom stereocenters. The molecule has 0 atom stereocenters. The van der Waals surface area contributed by atoms with Crippen LogP contribution < -0.4 is 9.64 Å². The Labute approximate surface area is 160 Å². The van der Waals surface area contributed by atoms with Gasteiger partial charge in [-0.05, 0) is 54.1 Å². The monoisotopic (exact) mass is 351 g/mol. The minimum atomic E-state index is 0.571. The van der Waals surface area contributed by atoms with E-state index in [0.717, 1.165) is 28.4 Å². The molecule has 132 valence electrons. The zero-order chi connectivity index (χ0) is 18.3. The van der Waals surface area contributed by atoms with E-state index in [1.54, 1.807) is 0 Å². The molecular weight excluding hydrogens is 330 g/mol. The van der Waals surface area contributed by atoms with Gasteiger partial charge in [-0.3, -0.25) is 0 Å². The summed E-state index contributed by atoms with van der Waals surface area (Å²) in [6, 6.07) is 39.2. The smallest absolute Gasteiger partial charge is 0.119 e. The van der Waals surface area contributed by atoms with E-state index in [1.165, 1.54) is 0 Å². The minimum Gasteiger partial charge on any atom is -0.489 e. The summed E-state index contributed by atoms with van der Waals surface area (Å²) in [5, 5.41) is 0. The Morgan fingerprint density at radius 2 is 0.926 bits per heavy atom. The van der Waals surface area contributed by atoms with Crippen molar-refractivity contribution in [3.63, 3.8) is 0 Å². The first kappa shape index (κ1) is 16.9. The lowest BCUT2D eigenvalue weighted by molar-refractivity contribution is 0.306. The highest BCUT2D eigenvalue weighted by molar-refractivity contribution is 5.76. The predicted molar refractivity (Wildman–Crippen MR) is 112 cm³/mol. The Kier molecular flexibility index (Phi) is 5.16. The van der Waals surface area contributed by atoms with E-state index >= 15 is 0 Å². The maximum Gasteiger partial charge on any atom is 0.119 e. The fourth-order valence-electron chi connectivity index (χ4n) is 3.03. The van der Waals surface area contributed by atoms with Crippen molar-refractivity contribution < 1.29 is 4.74 Å². The van der Waals surface area contributed by atoms with Crippen LogP contribution in [0.25, 0.3) is 0 Å². The van der Waals surface area contributed by atoms with Crippen molar-refractivity contribution in [2.24, 2.45) is 0 Å². The van der Waals surface area contributed by atoms with E-state index in [-0.39, 0.29) is 0 Å². The van der Waals surface area contributed by atoms with E-state index < -0.39 is 0 Å². The maximum atomic E-state index is 5.92. The molecule has 2 heteroatoms. The molecule has 0 N–H and O–H groups in total. The molecule has 0 aliphatic heterocycles. The van der Waals surface area contributed by atoms with Gasteiger partial charge in [-0.15, -0.1) is 0 Å². The van der Waals surface area contributed by atoms with Gasteiger partial charge in [0.2, 0.25) is 0 Å². The van der Waals surface area contributed by atoms with Gasteiger partial charge in [-0.2, -0.15) is 0 Å². The van der Waals surface area contributed by atoms with Crippen LogP contribution in [0.3, 0.4) is 0 Å². The van der Waals surface area contributed by atoms with Gasteiger partial charge in [0.25, 0.3) is 0 Å². The average Bonchev–Trinajstić information content (AvgIpc) is 2.76. The first-order valence-corrected chi connectivity index (χ1v) is 9.07. The Balaban J connectivity index is 1.58. The molecule has 4 rings (SSSR count). The second-order valence-corrected chi connectivity index (χ2v) is 6.27. The molecule has 4 aromatic carbocycles. The Bertz CT molecular complexity index is 912. The van der Waals surface area contributed by atoms with Crippen LogP contribution in [0.4, 0.5) is 17.1 Å². The minimum absolute atomic E-state index is 0.571.